The number of nitrogens with zero attached hydrogens (tertiary/aromatic N) is 3. The van der Waals surface area contributed by atoms with E-state index >= 15 is 0 Å². The molecule has 0 aliphatic carbocycles. The summed E-state index contributed by atoms with van der Waals surface area (Å²) >= 11 is 0. The molecule has 0 fully saturated rings. The Balaban J connectivity index is 2.42. The Bertz CT molecular complexity index is 414. The van der Waals surface area contributed by atoms with Crippen LogP contribution in [0.25, 0.3) is 0 Å². The van der Waals surface area contributed by atoms with Crippen LogP contribution < -0.4 is 10.6 Å². The van der Waals surface area contributed by atoms with Crippen molar-refractivity contribution in [3.63, 3.8) is 0 Å². The maximum atomic E-state index is 5.93. The lowest BCUT2D eigenvalue weighted by Gasteiger charge is -2.28. The van der Waals surface area contributed by atoms with E-state index in [0.717, 1.165) is 31.9 Å². The molecule has 0 atom stereocenters. The normalized spacial score (nSPS) is 12.9. The molecular formula is C15H31N5O. The molecule has 0 saturated heterocycles. The number of ether oxygens (including phenoxy) is 1. The molecule has 0 amide bonds. The number of nitrogens with one attached hydrogen (secondary N) is 2. The van der Waals surface area contributed by atoms with Crippen molar-refractivity contribution in [1.82, 2.24) is 25.6 Å². The summed E-state index contributed by atoms with van der Waals surface area (Å²) in [6.45, 7) is 12.8. The van der Waals surface area contributed by atoms with E-state index in [1.165, 1.54) is 0 Å². The van der Waals surface area contributed by atoms with Crippen LogP contribution in [0.3, 0.4) is 0 Å². The molecule has 0 radical (unpaired) electrons. The van der Waals surface area contributed by atoms with Gasteiger partial charge in [0.1, 0.15) is 0 Å². The van der Waals surface area contributed by atoms with Crippen LogP contribution in [-0.4, -0.2) is 48.8 Å². The summed E-state index contributed by atoms with van der Waals surface area (Å²) in [5.41, 5.74) is 1.14. The third-order valence-corrected chi connectivity index (χ3v) is 3.17. The Hall–Kier alpha value is -0.980. The summed E-state index contributed by atoms with van der Waals surface area (Å²) in [4.78, 5) is 0. The molecule has 0 aliphatic heterocycles. The molecule has 0 unspecified atom stereocenters. The molecule has 6 heteroatoms. The SMILES string of the molecule is CNCc1cn(CC(C)(C)COCC(C)(C)CNC)nn1. The predicted molar refractivity (Wildman–Crippen MR) is 85.1 cm³/mol. The van der Waals surface area contributed by atoms with Crippen LogP contribution in [0.4, 0.5) is 0 Å². The summed E-state index contributed by atoms with van der Waals surface area (Å²) in [5, 5.41) is 14.6. The van der Waals surface area contributed by atoms with Crippen molar-refractivity contribution in [2.45, 2.75) is 40.8 Å². The summed E-state index contributed by atoms with van der Waals surface area (Å²) in [7, 11) is 3.88. The molecule has 1 aromatic rings. The molecule has 0 spiro atoms. The van der Waals surface area contributed by atoms with Gasteiger partial charge in [-0.05, 0) is 14.1 Å². The van der Waals surface area contributed by atoms with Gasteiger partial charge >= 0.3 is 0 Å². The first kappa shape index (κ1) is 18.1. The molecular weight excluding hydrogens is 266 g/mol. The Labute approximate surface area is 128 Å². The average Bonchev–Trinajstić information content (AvgIpc) is 2.75. The lowest BCUT2D eigenvalue weighted by atomic mass is 9.93. The minimum absolute atomic E-state index is 0.0281. The van der Waals surface area contributed by atoms with Crippen molar-refractivity contribution in [1.29, 1.82) is 0 Å². The molecule has 1 rings (SSSR count). The molecule has 122 valence electrons. The smallest absolute Gasteiger partial charge is 0.0964 e. The second kappa shape index (κ2) is 7.87. The summed E-state index contributed by atoms with van der Waals surface area (Å²) in [6, 6.07) is 0. The third-order valence-electron chi connectivity index (χ3n) is 3.17. The molecule has 0 aromatic carbocycles. The van der Waals surface area contributed by atoms with Gasteiger partial charge in [-0.25, -0.2) is 0 Å². The van der Waals surface area contributed by atoms with Crippen LogP contribution in [-0.2, 0) is 17.8 Å². The van der Waals surface area contributed by atoms with Gasteiger partial charge in [-0.3, -0.25) is 4.68 Å². The standard InChI is InChI=1S/C15H31N5O/c1-14(2,9-17-6)11-21-12-15(3,4)10-20-8-13(7-16-5)18-19-20/h8,16-17H,7,9-12H2,1-6H3. The van der Waals surface area contributed by atoms with Gasteiger partial charge in [-0.2, -0.15) is 0 Å². The predicted octanol–water partition coefficient (Wildman–Crippen LogP) is 1.29. The highest BCUT2D eigenvalue weighted by molar-refractivity contribution is 4.91. The van der Waals surface area contributed by atoms with E-state index in [4.69, 9.17) is 4.74 Å². The topological polar surface area (TPSA) is 64.0 Å². The number of aromatic nitrogens is 3. The van der Waals surface area contributed by atoms with Crippen molar-refractivity contribution in [2.75, 3.05) is 33.9 Å². The van der Waals surface area contributed by atoms with Crippen LogP contribution in [0.2, 0.25) is 0 Å². The van der Waals surface area contributed by atoms with E-state index in [0.29, 0.717) is 6.61 Å². The van der Waals surface area contributed by atoms with Gasteiger partial charge in [0.15, 0.2) is 0 Å². The maximum Gasteiger partial charge on any atom is 0.0964 e. The molecule has 0 aliphatic rings. The lowest BCUT2D eigenvalue weighted by molar-refractivity contribution is 0.00888. The van der Waals surface area contributed by atoms with Gasteiger partial charge in [0, 0.05) is 36.7 Å². The van der Waals surface area contributed by atoms with E-state index in [2.05, 4.69) is 48.6 Å². The fourth-order valence-corrected chi connectivity index (χ4v) is 2.30. The second-order valence-corrected chi connectivity index (χ2v) is 7.29. The third kappa shape index (κ3) is 7.02. The van der Waals surface area contributed by atoms with Crippen molar-refractivity contribution >= 4 is 0 Å². The number of rotatable bonds is 10. The van der Waals surface area contributed by atoms with Gasteiger partial charge < -0.3 is 15.4 Å². The van der Waals surface area contributed by atoms with E-state index in [1.807, 2.05) is 25.0 Å². The molecule has 1 heterocycles. The zero-order valence-corrected chi connectivity index (χ0v) is 14.4. The summed E-state index contributed by atoms with van der Waals surface area (Å²) in [5.74, 6) is 0. The molecule has 6 nitrogen and oxygen atoms in total. The van der Waals surface area contributed by atoms with Gasteiger partial charge in [-0.1, -0.05) is 32.9 Å². The molecule has 1 aromatic heterocycles. The lowest BCUT2D eigenvalue weighted by Crippen LogP contribution is -2.34. The van der Waals surface area contributed by atoms with E-state index in [1.54, 1.807) is 0 Å². The van der Waals surface area contributed by atoms with Crippen molar-refractivity contribution in [3.05, 3.63) is 11.9 Å². The maximum absolute atomic E-state index is 5.93. The first-order chi connectivity index (χ1) is 9.78. The van der Waals surface area contributed by atoms with Crippen LogP contribution in [0.15, 0.2) is 6.20 Å². The zero-order valence-electron chi connectivity index (χ0n) is 14.4. The minimum atomic E-state index is 0.0281. The van der Waals surface area contributed by atoms with Gasteiger partial charge in [0.25, 0.3) is 0 Å². The Morgan fingerprint density at radius 2 is 1.76 bits per heavy atom. The fraction of sp³-hybridized carbons (Fsp3) is 0.867. The second-order valence-electron chi connectivity index (χ2n) is 7.29. The first-order valence-corrected chi connectivity index (χ1v) is 7.54. The van der Waals surface area contributed by atoms with E-state index in [-0.39, 0.29) is 10.8 Å². The highest BCUT2D eigenvalue weighted by Gasteiger charge is 2.23. The molecule has 21 heavy (non-hydrogen) atoms. The van der Waals surface area contributed by atoms with Gasteiger partial charge in [-0.15, -0.1) is 5.10 Å². The number of hydrogen-bond acceptors (Lipinski definition) is 5. The molecule has 0 bridgehead atoms. The van der Waals surface area contributed by atoms with Crippen LogP contribution >= 0.6 is 0 Å². The average molecular weight is 297 g/mol. The van der Waals surface area contributed by atoms with Crippen LogP contribution in [0.5, 0.6) is 0 Å². The Kier molecular flexibility index (Phi) is 6.77. The highest BCUT2D eigenvalue weighted by atomic mass is 16.5. The summed E-state index contributed by atoms with van der Waals surface area (Å²) < 4.78 is 7.83. The van der Waals surface area contributed by atoms with E-state index in [9.17, 15) is 0 Å². The van der Waals surface area contributed by atoms with Crippen LogP contribution in [0, 0.1) is 10.8 Å². The monoisotopic (exact) mass is 297 g/mol. The van der Waals surface area contributed by atoms with Gasteiger partial charge in [0.2, 0.25) is 0 Å². The van der Waals surface area contributed by atoms with E-state index < -0.39 is 0 Å². The quantitative estimate of drug-likeness (QED) is 0.681. The van der Waals surface area contributed by atoms with Crippen molar-refractivity contribution < 1.29 is 4.74 Å². The zero-order chi connectivity index (χ0) is 15.9. The van der Waals surface area contributed by atoms with Crippen molar-refractivity contribution in [3.8, 4) is 0 Å². The molecule has 0 saturated carbocycles. The molecule has 2 N–H and O–H groups in total. The Morgan fingerprint density at radius 3 is 2.38 bits per heavy atom. The number of hydrogen-bond donors (Lipinski definition) is 2. The highest BCUT2D eigenvalue weighted by Crippen LogP contribution is 2.21. The fourth-order valence-electron chi connectivity index (χ4n) is 2.30. The minimum Gasteiger partial charge on any atom is -0.380 e. The van der Waals surface area contributed by atoms with Gasteiger partial charge in [0.05, 0.1) is 18.9 Å². The largest absolute Gasteiger partial charge is 0.380 e. The van der Waals surface area contributed by atoms with Crippen molar-refractivity contribution in [2.24, 2.45) is 10.8 Å². The Morgan fingerprint density at radius 1 is 1.10 bits per heavy atom. The van der Waals surface area contributed by atoms with Crippen LogP contribution in [0.1, 0.15) is 33.4 Å². The summed E-state index contributed by atoms with van der Waals surface area (Å²) in [6.07, 6.45) is 1.99. The first-order valence-electron chi connectivity index (χ1n) is 7.54.